The molecule has 2 N–H and O–H groups in total. The summed E-state index contributed by atoms with van der Waals surface area (Å²) in [6.07, 6.45) is -1.87. The standard InChI is InChI=1S/C15H16F3N5/c16-15(17,18)11-1-3-13(20-9-11)22-5-7-23(8-6-22)14-4-2-12(19)10-21-14/h1-4,9-10H,5-8,19H2. The molecule has 1 aliphatic heterocycles. The second kappa shape index (κ2) is 5.94. The van der Waals surface area contributed by atoms with Crippen LogP contribution in [0.25, 0.3) is 0 Å². The van der Waals surface area contributed by atoms with Crippen LogP contribution in [0.4, 0.5) is 30.5 Å². The van der Waals surface area contributed by atoms with E-state index in [2.05, 4.69) is 14.9 Å². The quantitative estimate of drug-likeness (QED) is 0.920. The molecule has 1 fully saturated rings. The van der Waals surface area contributed by atoms with Crippen LogP contribution < -0.4 is 15.5 Å². The number of rotatable bonds is 2. The minimum Gasteiger partial charge on any atom is -0.397 e. The topological polar surface area (TPSA) is 58.3 Å². The summed E-state index contributed by atoms with van der Waals surface area (Å²) < 4.78 is 37.7. The van der Waals surface area contributed by atoms with Crippen molar-refractivity contribution in [2.24, 2.45) is 0 Å². The summed E-state index contributed by atoms with van der Waals surface area (Å²) in [5.41, 5.74) is 5.50. The van der Waals surface area contributed by atoms with Crippen molar-refractivity contribution in [3.63, 3.8) is 0 Å². The largest absolute Gasteiger partial charge is 0.417 e. The Morgan fingerprint density at radius 3 is 1.74 bits per heavy atom. The van der Waals surface area contributed by atoms with Crippen LogP contribution in [0, 0.1) is 0 Å². The molecule has 0 saturated carbocycles. The zero-order valence-corrected chi connectivity index (χ0v) is 12.3. The molecule has 0 amide bonds. The Hall–Kier alpha value is -2.51. The number of alkyl halides is 3. The summed E-state index contributed by atoms with van der Waals surface area (Å²) in [4.78, 5) is 12.3. The summed E-state index contributed by atoms with van der Waals surface area (Å²) >= 11 is 0. The first-order chi connectivity index (χ1) is 10.9. The van der Waals surface area contributed by atoms with Crippen molar-refractivity contribution in [2.45, 2.75) is 6.18 Å². The Morgan fingerprint density at radius 2 is 1.35 bits per heavy atom. The summed E-state index contributed by atoms with van der Waals surface area (Å²) in [7, 11) is 0. The maximum atomic E-state index is 12.6. The zero-order chi connectivity index (χ0) is 16.4. The van der Waals surface area contributed by atoms with Crippen molar-refractivity contribution in [3.8, 4) is 0 Å². The Kier molecular flexibility index (Phi) is 3.97. The van der Waals surface area contributed by atoms with E-state index in [4.69, 9.17) is 5.73 Å². The molecule has 1 saturated heterocycles. The van der Waals surface area contributed by atoms with Gasteiger partial charge in [-0.3, -0.25) is 0 Å². The van der Waals surface area contributed by atoms with Crippen molar-refractivity contribution in [1.29, 1.82) is 0 Å². The number of pyridine rings is 2. The molecule has 23 heavy (non-hydrogen) atoms. The predicted molar refractivity (Wildman–Crippen MR) is 82.3 cm³/mol. The minimum absolute atomic E-state index is 0.558. The number of hydrogen-bond donors (Lipinski definition) is 1. The molecule has 122 valence electrons. The highest BCUT2D eigenvalue weighted by atomic mass is 19.4. The molecule has 2 aromatic rings. The number of nitrogens with zero attached hydrogens (tertiary/aromatic N) is 4. The Balaban J connectivity index is 1.63. The van der Waals surface area contributed by atoms with E-state index >= 15 is 0 Å². The van der Waals surface area contributed by atoms with Gasteiger partial charge in [-0.05, 0) is 24.3 Å². The first-order valence-electron chi connectivity index (χ1n) is 7.18. The lowest BCUT2D eigenvalue weighted by Crippen LogP contribution is -2.47. The van der Waals surface area contributed by atoms with Crippen LogP contribution in [0.15, 0.2) is 36.7 Å². The van der Waals surface area contributed by atoms with Gasteiger partial charge in [0.15, 0.2) is 0 Å². The van der Waals surface area contributed by atoms with Crippen LogP contribution in [0.1, 0.15) is 5.56 Å². The maximum absolute atomic E-state index is 12.6. The average molecular weight is 323 g/mol. The molecule has 0 atom stereocenters. The first-order valence-corrected chi connectivity index (χ1v) is 7.18. The van der Waals surface area contributed by atoms with Crippen molar-refractivity contribution < 1.29 is 13.2 Å². The van der Waals surface area contributed by atoms with E-state index in [9.17, 15) is 13.2 Å². The maximum Gasteiger partial charge on any atom is 0.417 e. The fraction of sp³-hybridized carbons (Fsp3) is 0.333. The van der Waals surface area contributed by atoms with Gasteiger partial charge in [-0.2, -0.15) is 13.2 Å². The van der Waals surface area contributed by atoms with Gasteiger partial charge in [-0.15, -0.1) is 0 Å². The van der Waals surface area contributed by atoms with Crippen LogP contribution >= 0.6 is 0 Å². The van der Waals surface area contributed by atoms with Crippen molar-refractivity contribution in [3.05, 3.63) is 42.2 Å². The van der Waals surface area contributed by atoms with Crippen molar-refractivity contribution in [2.75, 3.05) is 41.7 Å². The molecule has 0 bridgehead atoms. The number of aromatic nitrogens is 2. The molecule has 3 heterocycles. The van der Waals surface area contributed by atoms with Crippen molar-refractivity contribution in [1.82, 2.24) is 9.97 Å². The smallest absolute Gasteiger partial charge is 0.397 e. The zero-order valence-electron chi connectivity index (χ0n) is 12.3. The van der Waals surface area contributed by atoms with Gasteiger partial charge in [-0.1, -0.05) is 0 Å². The fourth-order valence-corrected chi connectivity index (χ4v) is 2.49. The van der Waals surface area contributed by atoms with E-state index in [0.29, 0.717) is 24.6 Å². The van der Waals surface area contributed by atoms with Crippen LogP contribution in [0.3, 0.4) is 0 Å². The van der Waals surface area contributed by atoms with E-state index < -0.39 is 11.7 Å². The number of hydrogen-bond acceptors (Lipinski definition) is 5. The second-order valence-corrected chi connectivity index (χ2v) is 5.33. The second-order valence-electron chi connectivity index (χ2n) is 5.33. The van der Waals surface area contributed by atoms with Crippen LogP contribution in [-0.2, 0) is 6.18 Å². The van der Waals surface area contributed by atoms with Gasteiger partial charge in [0, 0.05) is 32.4 Å². The highest BCUT2D eigenvalue weighted by Crippen LogP contribution is 2.29. The molecule has 0 unspecified atom stereocenters. The number of halogens is 3. The van der Waals surface area contributed by atoms with E-state index in [1.807, 2.05) is 11.0 Å². The molecule has 2 aromatic heterocycles. The summed E-state index contributed by atoms with van der Waals surface area (Å²) in [6.45, 7) is 2.79. The van der Waals surface area contributed by atoms with Crippen LogP contribution in [0.2, 0.25) is 0 Å². The van der Waals surface area contributed by atoms with Crippen LogP contribution in [-0.4, -0.2) is 36.1 Å². The Morgan fingerprint density at radius 1 is 0.826 bits per heavy atom. The number of nitrogen functional groups attached to an aromatic ring is 1. The predicted octanol–water partition coefficient (Wildman–Crippen LogP) is 2.40. The molecule has 8 heteroatoms. The molecule has 0 radical (unpaired) electrons. The summed E-state index contributed by atoms with van der Waals surface area (Å²) in [5.74, 6) is 1.40. The van der Waals surface area contributed by atoms with E-state index in [-0.39, 0.29) is 0 Å². The lowest BCUT2D eigenvalue weighted by Gasteiger charge is -2.36. The highest BCUT2D eigenvalue weighted by Gasteiger charge is 2.31. The molecular formula is C15H16F3N5. The third-order valence-electron chi connectivity index (χ3n) is 3.77. The van der Waals surface area contributed by atoms with Gasteiger partial charge in [-0.25, -0.2) is 9.97 Å². The fourth-order valence-electron chi connectivity index (χ4n) is 2.49. The number of nitrogens with two attached hydrogens (primary N) is 1. The molecule has 0 spiro atoms. The van der Waals surface area contributed by atoms with Gasteiger partial charge in [0.2, 0.25) is 0 Å². The van der Waals surface area contributed by atoms with E-state index in [0.717, 1.165) is 31.2 Å². The Bertz CT molecular complexity index is 646. The Labute approximate surface area is 131 Å². The third kappa shape index (κ3) is 3.46. The average Bonchev–Trinajstić information content (AvgIpc) is 2.55. The monoisotopic (exact) mass is 323 g/mol. The normalized spacial score (nSPS) is 15.8. The summed E-state index contributed by atoms with van der Waals surface area (Å²) in [6, 6.07) is 6.14. The first kappa shape index (κ1) is 15.4. The molecule has 3 rings (SSSR count). The van der Waals surface area contributed by atoms with Gasteiger partial charge < -0.3 is 15.5 Å². The summed E-state index contributed by atoms with van der Waals surface area (Å²) in [5, 5.41) is 0. The number of piperazine rings is 1. The molecule has 1 aliphatic rings. The SMILES string of the molecule is Nc1ccc(N2CCN(c3ccc(C(F)(F)F)cn3)CC2)nc1. The third-order valence-corrected chi connectivity index (χ3v) is 3.77. The lowest BCUT2D eigenvalue weighted by molar-refractivity contribution is -0.137. The van der Waals surface area contributed by atoms with E-state index in [1.54, 1.807) is 12.3 Å². The molecule has 0 aromatic carbocycles. The van der Waals surface area contributed by atoms with Crippen molar-refractivity contribution >= 4 is 17.3 Å². The minimum atomic E-state index is -4.36. The van der Waals surface area contributed by atoms with Crippen LogP contribution in [0.5, 0.6) is 0 Å². The lowest BCUT2D eigenvalue weighted by atomic mass is 10.2. The van der Waals surface area contributed by atoms with Gasteiger partial charge in [0.25, 0.3) is 0 Å². The molecular weight excluding hydrogens is 307 g/mol. The molecule has 5 nitrogen and oxygen atoms in total. The van der Waals surface area contributed by atoms with Gasteiger partial charge >= 0.3 is 6.18 Å². The highest BCUT2D eigenvalue weighted by molar-refractivity contribution is 5.48. The number of anilines is 3. The molecule has 0 aliphatic carbocycles. The van der Waals surface area contributed by atoms with E-state index in [1.165, 1.54) is 6.07 Å². The van der Waals surface area contributed by atoms with Gasteiger partial charge in [0.05, 0.1) is 17.4 Å². The van der Waals surface area contributed by atoms with Gasteiger partial charge in [0.1, 0.15) is 11.6 Å².